The molecule has 1 aromatic heterocycles. The number of benzene rings is 2. The summed E-state index contributed by atoms with van der Waals surface area (Å²) in [5.74, 6) is -0.201. The number of hydrogen-bond donors (Lipinski definition) is 1. The minimum atomic E-state index is -0.306. The second-order valence-electron chi connectivity index (χ2n) is 9.22. The van der Waals surface area contributed by atoms with Crippen molar-refractivity contribution in [2.24, 2.45) is 5.92 Å². The van der Waals surface area contributed by atoms with Crippen LogP contribution in [0, 0.1) is 12.8 Å². The second-order valence-corrected chi connectivity index (χ2v) is 9.66. The number of carbonyl (C=O) groups excluding carboxylic acids is 2. The Morgan fingerprint density at radius 3 is 2.66 bits per heavy atom. The molecule has 184 valence electrons. The topological polar surface area (TPSA) is 76.5 Å². The van der Waals surface area contributed by atoms with E-state index in [9.17, 15) is 9.59 Å². The number of carbonyl (C=O) groups is 2. The normalized spacial score (nSPS) is 15.4. The Labute approximate surface area is 211 Å². The smallest absolute Gasteiger partial charge is 0.246 e. The molecule has 0 saturated carbocycles. The summed E-state index contributed by atoms with van der Waals surface area (Å²) in [7, 11) is 0. The van der Waals surface area contributed by atoms with Crippen LogP contribution in [0.5, 0.6) is 0 Å². The van der Waals surface area contributed by atoms with E-state index in [4.69, 9.17) is 21.3 Å². The molecule has 7 nitrogen and oxygen atoms in total. The van der Waals surface area contributed by atoms with Gasteiger partial charge in [-0.3, -0.25) is 19.5 Å². The Bertz CT molecular complexity index is 1180. The predicted molar refractivity (Wildman–Crippen MR) is 138 cm³/mol. The third kappa shape index (κ3) is 6.29. The lowest BCUT2D eigenvalue weighted by Gasteiger charge is -2.26. The zero-order chi connectivity index (χ0) is 24.9. The summed E-state index contributed by atoms with van der Waals surface area (Å²) in [5.41, 5.74) is 3.55. The number of imidazole rings is 1. The van der Waals surface area contributed by atoms with Gasteiger partial charge in [0.1, 0.15) is 6.54 Å². The van der Waals surface area contributed by atoms with Crippen LogP contribution in [0.25, 0.3) is 16.9 Å². The van der Waals surface area contributed by atoms with Gasteiger partial charge in [-0.05, 0) is 49.6 Å². The van der Waals surface area contributed by atoms with Crippen LogP contribution >= 0.6 is 11.6 Å². The van der Waals surface area contributed by atoms with Crippen LogP contribution in [-0.2, 0) is 14.3 Å². The SMILES string of the molecule is Cc1cccc(-n2cc(-c3ccc(Cl)cc3)nc2NC(=O)CN(CC2CCCO2)C(=O)C(C)C)c1. The number of hydrogen-bond acceptors (Lipinski definition) is 4. The summed E-state index contributed by atoms with van der Waals surface area (Å²) in [4.78, 5) is 32.3. The van der Waals surface area contributed by atoms with Crippen molar-refractivity contribution in [1.82, 2.24) is 14.5 Å². The minimum Gasteiger partial charge on any atom is -0.376 e. The molecular weight excluding hydrogens is 464 g/mol. The third-order valence-corrected chi connectivity index (χ3v) is 6.22. The van der Waals surface area contributed by atoms with Crippen LogP contribution in [-0.4, -0.2) is 52.1 Å². The molecule has 1 aliphatic heterocycles. The number of rotatable bonds is 8. The molecule has 3 aromatic rings. The van der Waals surface area contributed by atoms with Gasteiger partial charge in [0, 0.05) is 41.5 Å². The number of anilines is 1. The van der Waals surface area contributed by atoms with Crippen LogP contribution in [0.15, 0.2) is 54.7 Å². The van der Waals surface area contributed by atoms with Gasteiger partial charge in [0.25, 0.3) is 0 Å². The fraction of sp³-hybridized carbons (Fsp3) is 0.370. The lowest BCUT2D eigenvalue weighted by atomic mass is 10.1. The second kappa shape index (κ2) is 11.1. The van der Waals surface area contributed by atoms with Gasteiger partial charge in [-0.2, -0.15) is 0 Å². The highest BCUT2D eigenvalue weighted by Gasteiger charge is 2.26. The number of nitrogens with one attached hydrogen (secondary N) is 1. The molecule has 8 heteroatoms. The number of nitrogens with zero attached hydrogens (tertiary/aromatic N) is 3. The molecule has 1 atom stereocenters. The minimum absolute atomic E-state index is 0.0312. The van der Waals surface area contributed by atoms with Gasteiger partial charge in [0.05, 0.1) is 11.8 Å². The maximum absolute atomic E-state index is 13.1. The molecule has 1 N–H and O–H groups in total. The Kier molecular flexibility index (Phi) is 7.88. The largest absolute Gasteiger partial charge is 0.376 e. The van der Waals surface area contributed by atoms with Crippen molar-refractivity contribution in [1.29, 1.82) is 0 Å². The van der Waals surface area contributed by atoms with E-state index in [2.05, 4.69) is 5.32 Å². The summed E-state index contributed by atoms with van der Waals surface area (Å²) < 4.78 is 7.56. The average Bonchev–Trinajstić information content (AvgIpc) is 3.48. The first kappa shape index (κ1) is 24.9. The third-order valence-electron chi connectivity index (χ3n) is 5.97. The Morgan fingerprint density at radius 2 is 2.00 bits per heavy atom. The van der Waals surface area contributed by atoms with Gasteiger partial charge in [-0.25, -0.2) is 4.98 Å². The van der Waals surface area contributed by atoms with Crippen molar-refractivity contribution in [3.63, 3.8) is 0 Å². The summed E-state index contributed by atoms with van der Waals surface area (Å²) in [5, 5.41) is 3.57. The Balaban J connectivity index is 1.60. The standard InChI is InChI=1S/C27H31ClN4O3/c1-18(2)26(34)31(15-23-8-5-13-35-23)17-25(33)30-27-29-24(20-9-11-21(28)12-10-20)16-32(27)22-7-4-6-19(3)14-22/h4,6-7,9-12,14,16,18,23H,5,8,13,15,17H2,1-3H3,(H,29,30,33). The van der Waals surface area contributed by atoms with Gasteiger partial charge in [-0.15, -0.1) is 0 Å². The van der Waals surface area contributed by atoms with Crippen LogP contribution in [0.1, 0.15) is 32.3 Å². The van der Waals surface area contributed by atoms with Crippen molar-refractivity contribution in [3.05, 3.63) is 65.3 Å². The van der Waals surface area contributed by atoms with Gasteiger partial charge in [-0.1, -0.05) is 49.7 Å². The van der Waals surface area contributed by atoms with E-state index >= 15 is 0 Å². The predicted octanol–water partition coefficient (Wildman–Crippen LogP) is 5.10. The fourth-order valence-electron chi connectivity index (χ4n) is 4.17. The molecule has 1 aliphatic rings. The number of aromatic nitrogens is 2. The highest BCUT2D eigenvalue weighted by Crippen LogP contribution is 2.26. The molecule has 2 heterocycles. The van der Waals surface area contributed by atoms with Gasteiger partial charge in [0.15, 0.2) is 0 Å². The summed E-state index contributed by atoms with van der Waals surface area (Å²) in [6.45, 7) is 6.74. The molecule has 0 bridgehead atoms. The molecule has 0 radical (unpaired) electrons. The number of aryl methyl sites for hydroxylation is 1. The first-order valence-electron chi connectivity index (χ1n) is 11.9. The van der Waals surface area contributed by atoms with Crippen molar-refractivity contribution >= 4 is 29.4 Å². The van der Waals surface area contributed by atoms with E-state index in [1.54, 1.807) is 17.0 Å². The van der Waals surface area contributed by atoms with Gasteiger partial charge >= 0.3 is 0 Å². The van der Waals surface area contributed by atoms with Crippen LogP contribution in [0.3, 0.4) is 0 Å². The van der Waals surface area contributed by atoms with Crippen LogP contribution in [0.4, 0.5) is 5.95 Å². The maximum Gasteiger partial charge on any atom is 0.246 e. The highest BCUT2D eigenvalue weighted by atomic mass is 35.5. The lowest BCUT2D eigenvalue weighted by Crippen LogP contribution is -2.44. The summed E-state index contributed by atoms with van der Waals surface area (Å²) in [6, 6.07) is 15.4. The number of halogens is 1. The van der Waals surface area contributed by atoms with E-state index < -0.39 is 0 Å². The van der Waals surface area contributed by atoms with E-state index in [-0.39, 0.29) is 30.4 Å². The van der Waals surface area contributed by atoms with E-state index in [0.717, 1.165) is 29.7 Å². The molecule has 1 fully saturated rings. The van der Waals surface area contributed by atoms with Crippen molar-refractivity contribution < 1.29 is 14.3 Å². The Hall–Kier alpha value is -3.16. The quantitative estimate of drug-likeness (QED) is 0.472. The van der Waals surface area contributed by atoms with Crippen LogP contribution < -0.4 is 5.32 Å². The number of amides is 2. The van der Waals surface area contributed by atoms with E-state index in [1.807, 2.05) is 67.9 Å². The number of ether oxygens (including phenoxy) is 1. The lowest BCUT2D eigenvalue weighted by molar-refractivity contribution is -0.139. The molecule has 0 aliphatic carbocycles. The zero-order valence-corrected chi connectivity index (χ0v) is 21.1. The monoisotopic (exact) mass is 494 g/mol. The van der Waals surface area contributed by atoms with Crippen molar-refractivity contribution in [3.8, 4) is 16.9 Å². The van der Waals surface area contributed by atoms with E-state index in [1.165, 1.54) is 0 Å². The Morgan fingerprint density at radius 1 is 1.23 bits per heavy atom. The van der Waals surface area contributed by atoms with Crippen molar-refractivity contribution in [2.75, 3.05) is 25.0 Å². The molecule has 1 unspecified atom stereocenters. The molecule has 2 amide bonds. The van der Waals surface area contributed by atoms with E-state index in [0.29, 0.717) is 29.8 Å². The molecule has 4 rings (SSSR count). The highest BCUT2D eigenvalue weighted by molar-refractivity contribution is 6.30. The molecule has 35 heavy (non-hydrogen) atoms. The van der Waals surface area contributed by atoms with Gasteiger partial charge < -0.3 is 9.64 Å². The van der Waals surface area contributed by atoms with Crippen molar-refractivity contribution in [2.45, 2.75) is 39.7 Å². The first-order valence-corrected chi connectivity index (χ1v) is 12.3. The van der Waals surface area contributed by atoms with Crippen LogP contribution in [0.2, 0.25) is 5.02 Å². The van der Waals surface area contributed by atoms with Gasteiger partial charge in [0.2, 0.25) is 17.8 Å². The molecule has 2 aromatic carbocycles. The summed E-state index contributed by atoms with van der Waals surface area (Å²) in [6.07, 6.45) is 3.72. The molecule has 1 saturated heterocycles. The molecule has 0 spiro atoms. The summed E-state index contributed by atoms with van der Waals surface area (Å²) >= 11 is 6.05. The average molecular weight is 495 g/mol. The first-order chi connectivity index (χ1) is 16.8. The maximum atomic E-state index is 13.1. The molecular formula is C27H31ClN4O3. The fourth-order valence-corrected chi connectivity index (χ4v) is 4.30. The zero-order valence-electron chi connectivity index (χ0n) is 20.3.